The van der Waals surface area contributed by atoms with Crippen LogP contribution >= 0.6 is 0 Å². The van der Waals surface area contributed by atoms with Crippen molar-refractivity contribution < 1.29 is 9.90 Å². The summed E-state index contributed by atoms with van der Waals surface area (Å²) >= 11 is 0. The molecular weight excluding hydrogens is 274 g/mol. The minimum Gasteiger partial charge on any atom is -0.480 e. The molecule has 116 valence electrons. The van der Waals surface area contributed by atoms with Crippen LogP contribution in [-0.4, -0.2) is 17.6 Å². The van der Waals surface area contributed by atoms with Crippen molar-refractivity contribution in [3.63, 3.8) is 0 Å². The smallest absolute Gasteiger partial charge is 0.325 e. The second kappa shape index (κ2) is 7.76. The number of aliphatic carboxylic acids is 1. The highest BCUT2D eigenvalue weighted by Crippen LogP contribution is 2.16. The highest BCUT2D eigenvalue weighted by Gasteiger charge is 2.18. The van der Waals surface area contributed by atoms with Crippen molar-refractivity contribution in [1.82, 2.24) is 5.32 Å². The van der Waals surface area contributed by atoms with Gasteiger partial charge in [-0.15, -0.1) is 0 Å². The Balaban J connectivity index is 1.92. The van der Waals surface area contributed by atoms with Gasteiger partial charge in [-0.2, -0.15) is 0 Å². The number of benzene rings is 2. The second-order valence-electron chi connectivity index (χ2n) is 5.78. The Labute approximate surface area is 132 Å². The quantitative estimate of drug-likeness (QED) is 0.818. The topological polar surface area (TPSA) is 49.3 Å². The SMILES string of the molecule is CC(C)c1ccc(CCN[C@H](C(=O)O)c2ccccc2)cc1. The molecule has 0 radical (unpaired) electrons. The third-order valence-corrected chi connectivity index (χ3v) is 3.79. The van der Waals surface area contributed by atoms with E-state index in [0.717, 1.165) is 12.0 Å². The van der Waals surface area contributed by atoms with Crippen molar-refractivity contribution in [2.45, 2.75) is 32.2 Å². The van der Waals surface area contributed by atoms with E-state index < -0.39 is 12.0 Å². The van der Waals surface area contributed by atoms with Gasteiger partial charge in [0, 0.05) is 6.54 Å². The molecule has 0 saturated heterocycles. The van der Waals surface area contributed by atoms with E-state index in [-0.39, 0.29) is 0 Å². The average molecular weight is 297 g/mol. The van der Waals surface area contributed by atoms with E-state index in [1.807, 2.05) is 30.3 Å². The monoisotopic (exact) mass is 297 g/mol. The molecule has 0 spiro atoms. The summed E-state index contributed by atoms with van der Waals surface area (Å²) in [6.45, 7) is 4.98. The number of rotatable bonds is 7. The molecule has 3 nitrogen and oxygen atoms in total. The minimum absolute atomic E-state index is 0.529. The molecule has 0 bridgehead atoms. The van der Waals surface area contributed by atoms with E-state index in [1.165, 1.54) is 11.1 Å². The second-order valence-corrected chi connectivity index (χ2v) is 5.78. The molecule has 0 amide bonds. The van der Waals surface area contributed by atoms with Crippen molar-refractivity contribution in [3.8, 4) is 0 Å². The molecular formula is C19H23NO2. The van der Waals surface area contributed by atoms with Crippen LogP contribution in [0.3, 0.4) is 0 Å². The summed E-state index contributed by atoms with van der Waals surface area (Å²) in [5.74, 6) is -0.317. The molecule has 22 heavy (non-hydrogen) atoms. The molecule has 2 rings (SSSR count). The van der Waals surface area contributed by atoms with E-state index in [4.69, 9.17) is 0 Å². The molecule has 3 heteroatoms. The number of carbonyl (C=O) groups is 1. The number of hydrogen-bond donors (Lipinski definition) is 2. The molecule has 2 N–H and O–H groups in total. The van der Waals surface area contributed by atoms with E-state index in [2.05, 4.69) is 43.4 Å². The molecule has 2 aromatic carbocycles. The summed E-state index contributed by atoms with van der Waals surface area (Å²) in [4.78, 5) is 11.4. The van der Waals surface area contributed by atoms with Crippen LogP contribution in [0, 0.1) is 0 Å². The van der Waals surface area contributed by atoms with Crippen molar-refractivity contribution in [2.24, 2.45) is 0 Å². The Morgan fingerprint density at radius 2 is 1.64 bits per heavy atom. The first kappa shape index (κ1) is 16.2. The maximum Gasteiger partial charge on any atom is 0.325 e. The maximum absolute atomic E-state index is 11.4. The van der Waals surface area contributed by atoms with Gasteiger partial charge in [0.05, 0.1) is 0 Å². The predicted molar refractivity (Wildman–Crippen MR) is 89.1 cm³/mol. The van der Waals surface area contributed by atoms with Crippen LogP contribution in [0.4, 0.5) is 0 Å². The van der Waals surface area contributed by atoms with Gasteiger partial charge in [-0.05, 0) is 29.0 Å². The normalized spacial score (nSPS) is 12.3. The van der Waals surface area contributed by atoms with Gasteiger partial charge < -0.3 is 10.4 Å². The Hall–Kier alpha value is -2.13. The molecule has 0 fully saturated rings. The molecule has 0 aliphatic heterocycles. The Morgan fingerprint density at radius 3 is 2.18 bits per heavy atom. The first-order valence-corrected chi connectivity index (χ1v) is 7.68. The zero-order valence-electron chi connectivity index (χ0n) is 13.1. The van der Waals surface area contributed by atoms with Crippen LogP contribution in [0.1, 0.15) is 42.5 Å². The number of nitrogens with one attached hydrogen (secondary N) is 1. The van der Waals surface area contributed by atoms with Crippen LogP contribution < -0.4 is 5.32 Å². The fourth-order valence-corrected chi connectivity index (χ4v) is 2.42. The Kier molecular flexibility index (Phi) is 5.73. The van der Waals surface area contributed by atoms with Crippen LogP contribution in [0.2, 0.25) is 0 Å². The van der Waals surface area contributed by atoms with Gasteiger partial charge in [0.2, 0.25) is 0 Å². The fourth-order valence-electron chi connectivity index (χ4n) is 2.42. The first-order valence-electron chi connectivity index (χ1n) is 7.68. The Morgan fingerprint density at radius 1 is 1.00 bits per heavy atom. The van der Waals surface area contributed by atoms with Crippen LogP contribution in [0.5, 0.6) is 0 Å². The number of carboxylic acid groups (broad SMARTS) is 1. The van der Waals surface area contributed by atoms with E-state index in [9.17, 15) is 9.90 Å². The lowest BCUT2D eigenvalue weighted by Crippen LogP contribution is -2.30. The van der Waals surface area contributed by atoms with Gasteiger partial charge in [0.15, 0.2) is 0 Å². The molecule has 0 aromatic heterocycles. The third-order valence-electron chi connectivity index (χ3n) is 3.79. The summed E-state index contributed by atoms with van der Waals surface area (Å²) in [5, 5.41) is 12.5. The largest absolute Gasteiger partial charge is 0.480 e. The highest BCUT2D eigenvalue weighted by molar-refractivity contribution is 5.75. The van der Waals surface area contributed by atoms with Gasteiger partial charge in [-0.25, -0.2) is 0 Å². The lowest BCUT2D eigenvalue weighted by molar-refractivity contribution is -0.139. The molecule has 2 aromatic rings. The summed E-state index contributed by atoms with van der Waals surface area (Å²) in [6.07, 6.45) is 0.814. The van der Waals surface area contributed by atoms with Gasteiger partial charge in [-0.3, -0.25) is 4.79 Å². The molecule has 0 aliphatic carbocycles. The first-order chi connectivity index (χ1) is 10.6. The lowest BCUT2D eigenvalue weighted by atomic mass is 10.0. The summed E-state index contributed by atoms with van der Waals surface area (Å²) < 4.78 is 0. The molecule has 0 heterocycles. The zero-order chi connectivity index (χ0) is 15.9. The molecule has 0 aliphatic rings. The molecule has 1 atom stereocenters. The minimum atomic E-state index is -0.846. The van der Waals surface area contributed by atoms with Gasteiger partial charge in [0.25, 0.3) is 0 Å². The van der Waals surface area contributed by atoms with Crippen molar-refractivity contribution >= 4 is 5.97 Å². The molecule has 0 unspecified atom stereocenters. The summed E-state index contributed by atoms with van der Waals surface area (Å²) in [5.41, 5.74) is 3.32. The number of carboxylic acids is 1. The van der Waals surface area contributed by atoms with Crippen molar-refractivity contribution in [3.05, 3.63) is 71.3 Å². The van der Waals surface area contributed by atoms with Gasteiger partial charge in [0.1, 0.15) is 6.04 Å². The highest BCUT2D eigenvalue weighted by atomic mass is 16.4. The van der Waals surface area contributed by atoms with Gasteiger partial charge in [-0.1, -0.05) is 68.4 Å². The Bertz CT molecular complexity index is 591. The summed E-state index contributed by atoms with van der Waals surface area (Å²) in [7, 11) is 0. The average Bonchev–Trinajstić information content (AvgIpc) is 2.52. The van der Waals surface area contributed by atoms with Crippen molar-refractivity contribution in [1.29, 1.82) is 0 Å². The third kappa shape index (κ3) is 4.43. The van der Waals surface area contributed by atoms with Crippen LogP contribution in [-0.2, 0) is 11.2 Å². The number of hydrogen-bond acceptors (Lipinski definition) is 2. The van der Waals surface area contributed by atoms with E-state index in [1.54, 1.807) is 0 Å². The fraction of sp³-hybridized carbons (Fsp3) is 0.316. The predicted octanol–water partition coefficient (Wildman–Crippen LogP) is 3.77. The standard InChI is InChI=1S/C19H23NO2/c1-14(2)16-10-8-15(9-11-16)12-13-20-18(19(21)22)17-6-4-3-5-7-17/h3-11,14,18,20H,12-13H2,1-2H3,(H,21,22)/t18-/m0/s1. The van der Waals surface area contributed by atoms with Crippen LogP contribution in [0.25, 0.3) is 0 Å². The lowest BCUT2D eigenvalue weighted by Gasteiger charge is -2.15. The maximum atomic E-state index is 11.4. The van der Waals surface area contributed by atoms with E-state index in [0.29, 0.717) is 12.5 Å². The van der Waals surface area contributed by atoms with E-state index >= 15 is 0 Å². The van der Waals surface area contributed by atoms with Crippen molar-refractivity contribution in [2.75, 3.05) is 6.54 Å². The van der Waals surface area contributed by atoms with Crippen LogP contribution in [0.15, 0.2) is 54.6 Å². The zero-order valence-corrected chi connectivity index (χ0v) is 13.1. The molecule has 0 saturated carbocycles. The summed E-state index contributed by atoms with van der Waals surface area (Å²) in [6, 6.07) is 17.2. The van der Waals surface area contributed by atoms with Gasteiger partial charge >= 0.3 is 5.97 Å².